The number of halogens is 2. The summed E-state index contributed by atoms with van der Waals surface area (Å²) in [5, 5.41) is 3.92. The summed E-state index contributed by atoms with van der Waals surface area (Å²) in [6, 6.07) is 11.5. The van der Waals surface area contributed by atoms with Crippen LogP contribution >= 0.6 is 23.2 Å². The van der Waals surface area contributed by atoms with Gasteiger partial charge in [-0.1, -0.05) is 41.4 Å². The monoisotopic (exact) mass is 347 g/mol. The van der Waals surface area contributed by atoms with Gasteiger partial charge in [0.25, 0.3) is 0 Å². The molecule has 0 saturated heterocycles. The molecule has 23 heavy (non-hydrogen) atoms. The molecular weight excluding hydrogens is 333 g/mol. The molecule has 0 aromatic heterocycles. The summed E-state index contributed by atoms with van der Waals surface area (Å²) in [4.78, 5) is 24.7. The standard InChI is InChI=1S/C18H15Cl2NO2/c1-2-21-16-6-4-3-5-15(18(16)23)17(22)8-7-12-9-13(19)11-14(20)10-12/h3-11H,2H2,1H3,(H,21,23). The molecule has 5 heteroatoms. The van der Waals surface area contributed by atoms with Crippen molar-refractivity contribution in [1.29, 1.82) is 0 Å². The summed E-state index contributed by atoms with van der Waals surface area (Å²) in [7, 11) is 0. The van der Waals surface area contributed by atoms with Crippen molar-refractivity contribution in [3.05, 3.63) is 79.9 Å². The number of anilines is 1. The second kappa shape index (κ2) is 7.95. The smallest absolute Gasteiger partial charge is 0.212 e. The molecule has 0 spiro atoms. The van der Waals surface area contributed by atoms with E-state index < -0.39 is 0 Å². The molecule has 0 radical (unpaired) electrons. The third-order valence-corrected chi connectivity index (χ3v) is 3.51. The third kappa shape index (κ3) is 4.68. The van der Waals surface area contributed by atoms with Crippen LogP contribution in [0.3, 0.4) is 0 Å². The summed E-state index contributed by atoms with van der Waals surface area (Å²) in [6.45, 7) is 2.49. The first-order chi connectivity index (χ1) is 11.0. The van der Waals surface area contributed by atoms with Crippen molar-refractivity contribution in [3.63, 3.8) is 0 Å². The van der Waals surface area contributed by atoms with Crippen LogP contribution in [0.1, 0.15) is 22.8 Å². The fraction of sp³-hybridized carbons (Fsp3) is 0.111. The highest BCUT2D eigenvalue weighted by Crippen LogP contribution is 2.20. The van der Waals surface area contributed by atoms with Crippen molar-refractivity contribution in [3.8, 4) is 0 Å². The van der Waals surface area contributed by atoms with Crippen LogP contribution in [0.2, 0.25) is 10.0 Å². The number of nitrogens with one attached hydrogen (secondary N) is 1. The Morgan fingerprint density at radius 2 is 1.78 bits per heavy atom. The van der Waals surface area contributed by atoms with Crippen molar-refractivity contribution in [2.24, 2.45) is 0 Å². The van der Waals surface area contributed by atoms with E-state index >= 15 is 0 Å². The van der Waals surface area contributed by atoms with Crippen LogP contribution in [-0.2, 0) is 0 Å². The number of rotatable bonds is 5. The van der Waals surface area contributed by atoms with Gasteiger partial charge in [0.2, 0.25) is 5.43 Å². The lowest BCUT2D eigenvalue weighted by Gasteiger charge is -1.99. The first-order valence-electron chi connectivity index (χ1n) is 7.07. The Morgan fingerprint density at radius 3 is 2.43 bits per heavy atom. The molecule has 2 rings (SSSR count). The maximum Gasteiger partial charge on any atom is 0.212 e. The van der Waals surface area contributed by atoms with Crippen molar-refractivity contribution < 1.29 is 4.79 Å². The minimum Gasteiger partial charge on any atom is -0.382 e. The predicted molar refractivity (Wildman–Crippen MR) is 96.7 cm³/mol. The van der Waals surface area contributed by atoms with Crippen LogP contribution in [0, 0.1) is 0 Å². The minimum atomic E-state index is -0.374. The van der Waals surface area contributed by atoms with E-state index in [2.05, 4.69) is 5.32 Å². The highest BCUT2D eigenvalue weighted by Gasteiger charge is 2.09. The second-order valence-electron chi connectivity index (χ2n) is 4.81. The van der Waals surface area contributed by atoms with Gasteiger partial charge >= 0.3 is 0 Å². The quantitative estimate of drug-likeness (QED) is 0.630. The maximum atomic E-state index is 12.4. The van der Waals surface area contributed by atoms with Crippen LogP contribution in [0.15, 0.2) is 53.3 Å². The molecule has 1 N–H and O–H groups in total. The number of benzene rings is 1. The summed E-state index contributed by atoms with van der Waals surface area (Å²) in [5.41, 5.74) is 0.876. The summed E-state index contributed by atoms with van der Waals surface area (Å²) in [5.74, 6) is -0.374. The summed E-state index contributed by atoms with van der Waals surface area (Å²) < 4.78 is 0. The van der Waals surface area contributed by atoms with Gasteiger partial charge in [0, 0.05) is 16.6 Å². The van der Waals surface area contributed by atoms with Gasteiger partial charge in [-0.2, -0.15) is 0 Å². The Kier molecular flexibility index (Phi) is 5.97. The highest BCUT2D eigenvalue weighted by molar-refractivity contribution is 6.34. The maximum absolute atomic E-state index is 12.4. The lowest BCUT2D eigenvalue weighted by molar-refractivity contribution is 0.104. The van der Waals surface area contributed by atoms with Crippen molar-refractivity contribution >= 4 is 40.7 Å². The van der Waals surface area contributed by atoms with Gasteiger partial charge in [-0.05, 0) is 48.9 Å². The predicted octanol–water partition coefficient (Wildman–Crippen LogP) is 4.68. The first-order valence-corrected chi connectivity index (χ1v) is 7.82. The Bertz CT molecular complexity index is 796. The normalized spacial score (nSPS) is 10.7. The zero-order chi connectivity index (χ0) is 16.8. The van der Waals surface area contributed by atoms with Crippen LogP contribution in [0.5, 0.6) is 0 Å². The lowest BCUT2D eigenvalue weighted by atomic mass is 10.1. The lowest BCUT2D eigenvalue weighted by Crippen LogP contribution is -2.15. The van der Waals surface area contributed by atoms with Gasteiger partial charge in [0.15, 0.2) is 5.78 Å². The Balaban J connectivity index is 2.34. The third-order valence-electron chi connectivity index (χ3n) is 3.07. The summed E-state index contributed by atoms with van der Waals surface area (Å²) in [6.07, 6.45) is 2.92. The van der Waals surface area contributed by atoms with Crippen molar-refractivity contribution in [2.75, 3.05) is 11.9 Å². The molecule has 0 unspecified atom stereocenters. The van der Waals surface area contributed by atoms with Crippen LogP contribution in [-0.4, -0.2) is 12.3 Å². The number of allylic oxidation sites excluding steroid dienone is 1. The van der Waals surface area contributed by atoms with Crippen LogP contribution < -0.4 is 10.7 Å². The molecular formula is C18H15Cl2NO2. The number of hydrogen-bond acceptors (Lipinski definition) is 3. The van der Waals surface area contributed by atoms with Crippen LogP contribution in [0.25, 0.3) is 6.08 Å². The molecule has 0 heterocycles. The topological polar surface area (TPSA) is 46.2 Å². The van der Waals surface area contributed by atoms with E-state index in [9.17, 15) is 9.59 Å². The Morgan fingerprint density at radius 1 is 1.13 bits per heavy atom. The zero-order valence-corrected chi connectivity index (χ0v) is 14.0. The molecule has 0 aliphatic rings. The Hall–Kier alpha value is -2.10. The molecule has 2 aromatic carbocycles. The van der Waals surface area contributed by atoms with E-state index in [0.717, 1.165) is 0 Å². The molecule has 0 aliphatic carbocycles. The number of carbonyl (C=O) groups excluding carboxylic acids is 1. The van der Waals surface area contributed by atoms with E-state index in [0.29, 0.717) is 27.8 Å². The van der Waals surface area contributed by atoms with E-state index in [1.807, 2.05) is 6.92 Å². The van der Waals surface area contributed by atoms with Crippen molar-refractivity contribution in [2.45, 2.75) is 6.92 Å². The highest BCUT2D eigenvalue weighted by atomic mass is 35.5. The van der Waals surface area contributed by atoms with E-state index in [-0.39, 0.29) is 16.8 Å². The van der Waals surface area contributed by atoms with Gasteiger partial charge in [0.05, 0.1) is 11.3 Å². The van der Waals surface area contributed by atoms with Gasteiger partial charge in [0.1, 0.15) is 0 Å². The molecule has 0 atom stereocenters. The SMILES string of the molecule is CCNc1ccccc(C(=O)C=Cc2cc(Cl)cc(Cl)c2)c1=O. The van der Waals surface area contributed by atoms with E-state index in [1.165, 1.54) is 12.1 Å². The van der Waals surface area contributed by atoms with Gasteiger partial charge < -0.3 is 5.32 Å². The molecule has 2 aromatic rings. The average Bonchev–Trinajstić information content (AvgIpc) is 2.67. The number of hydrogen-bond donors (Lipinski definition) is 1. The fourth-order valence-corrected chi connectivity index (χ4v) is 2.60. The van der Waals surface area contributed by atoms with Crippen LogP contribution in [0.4, 0.5) is 5.69 Å². The van der Waals surface area contributed by atoms with Gasteiger partial charge in [-0.15, -0.1) is 0 Å². The van der Waals surface area contributed by atoms with Gasteiger partial charge in [-0.25, -0.2) is 0 Å². The minimum absolute atomic E-state index is 0.107. The molecule has 0 bridgehead atoms. The molecule has 0 aliphatic heterocycles. The number of carbonyl (C=O) groups is 1. The first kappa shape index (κ1) is 17.3. The fourth-order valence-electron chi connectivity index (χ4n) is 2.06. The molecule has 118 valence electrons. The zero-order valence-electron chi connectivity index (χ0n) is 12.5. The molecule has 0 amide bonds. The van der Waals surface area contributed by atoms with Gasteiger partial charge in [-0.3, -0.25) is 9.59 Å². The largest absolute Gasteiger partial charge is 0.382 e. The number of ketones is 1. The van der Waals surface area contributed by atoms with E-state index in [1.54, 1.807) is 42.5 Å². The molecule has 0 fully saturated rings. The summed E-state index contributed by atoms with van der Waals surface area (Å²) >= 11 is 11.8. The molecule has 0 saturated carbocycles. The second-order valence-corrected chi connectivity index (χ2v) is 5.68. The van der Waals surface area contributed by atoms with E-state index in [4.69, 9.17) is 23.2 Å². The molecule has 3 nitrogen and oxygen atoms in total. The Labute approximate surface area is 144 Å². The van der Waals surface area contributed by atoms with Crippen molar-refractivity contribution in [1.82, 2.24) is 0 Å². The average molecular weight is 348 g/mol.